The van der Waals surface area contributed by atoms with Crippen molar-refractivity contribution in [3.05, 3.63) is 97.2 Å². The van der Waals surface area contributed by atoms with Gasteiger partial charge in [-0.15, -0.1) is 0 Å². The minimum atomic E-state index is -0.258. The van der Waals surface area contributed by atoms with Crippen LogP contribution in [0.4, 0.5) is 5.69 Å². The summed E-state index contributed by atoms with van der Waals surface area (Å²) in [5.41, 5.74) is 4.19. The molecule has 0 saturated carbocycles. The van der Waals surface area contributed by atoms with Crippen LogP contribution in [0.15, 0.2) is 91.5 Å². The van der Waals surface area contributed by atoms with Gasteiger partial charge in [-0.25, -0.2) is 4.68 Å². The molecule has 0 atom stereocenters. The van der Waals surface area contributed by atoms with Crippen LogP contribution in [0.25, 0.3) is 22.5 Å². The third kappa shape index (κ3) is 3.53. The van der Waals surface area contributed by atoms with Crippen LogP contribution in [0.2, 0.25) is 0 Å². The van der Waals surface area contributed by atoms with Crippen LogP contribution in [0.1, 0.15) is 10.5 Å². The van der Waals surface area contributed by atoms with E-state index < -0.39 is 0 Å². The molecular weight excluding hydrogens is 390 g/mol. The fourth-order valence-electron chi connectivity index (χ4n) is 3.53. The van der Waals surface area contributed by atoms with Gasteiger partial charge in [0.1, 0.15) is 17.3 Å². The minimum absolute atomic E-state index is 0.258. The molecule has 0 unspecified atom stereocenters. The molecule has 0 saturated heterocycles. The summed E-state index contributed by atoms with van der Waals surface area (Å²) in [6.45, 7) is 0. The van der Waals surface area contributed by atoms with Crippen molar-refractivity contribution in [3.63, 3.8) is 0 Å². The van der Waals surface area contributed by atoms with Gasteiger partial charge < -0.3 is 14.5 Å². The molecule has 0 spiro atoms. The lowest BCUT2D eigenvalue weighted by Crippen LogP contribution is -2.17. The fraction of sp³-hybridized carbons (Fsp3) is 0.0417. The molecule has 0 fully saturated rings. The van der Waals surface area contributed by atoms with Crippen molar-refractivity contribution in [3.8, 4) is 22.7 Å². The topological polar surface area (TPSA) is 73.4 Å². The summed E-state index contributed by atoms with van der Waals surface area (Å²) < 4.78 is 8.89. The monoisotopic (exact) mass is 409 g/mol. The Kier molecular flexibility index (Phi) is 4.68. The summed E-state index contributed by atoms with van der Waals surface area (Å²) in [5, 5.41) is 7.32. The molecule has 5 rings (SSSR count). The maximum Gasteiger partial charge on any atom is 0.274 e. The molecule has 0 aliphatic heterocycles. The Hall–Kier alpha value is -4.39. The number of amides is 1. The van der Waals surface area contributed by atoms with E-state index in [-0.39, 0.29) is 5.91 Å². The Morgan fingerprint density at radius 3 is 2.61 bits per heavy atom. The molecule has 4 heterocycles. The highest BCUT2D eigenvalue weighted by Gasteiger charge is 2.16. The van der Waals surface area contributed by atoms with Crippen molar-refractivity contribution < 1.29 is 9.53 Å². The number of hydrogen-bond acceptors (Lipinski definition) is 4. The van der Waals surface area contributed by atoms with Gasteiger partial charge in [0.25, 0.3) is 5.91 Å². The number of carbonyl (C=O) groups is 1. The van der Waals surface area contributed by atoms with Crippen molar-refractivity contribution in [2.24, 2.45) is 0 Å². The van der Waals surface area contributed by atoms with Crippen molar-refractivity contribution >= 4 is 17.1 Å². The summed E-state index contributed by atoms with van der Waals surface area (Å²) in [6.07, 6.45) is 7.19. The Morgan fingerprint density at radius 2 is 1.77 bits per heavy atom. The number of fused-ring (bicyclic) bond motifs is 1. The third-order valence-corrected chi connectivity index (χ3v) is 5.06. The number of ether oxygens (including phenoxy) is 1. The molecule has 0 aliphatic carbocycles. The van der Waals surface area contributed by atoms with E-state index in [4.69, 9.17) is 4.74 Å². The molecular formula is C24H19N5O2. The molecule has 1 aromatic carbocycles. The fourth-order valence-corrected chi connectivity index (χ4v) is 3.53. The first-order valence-electron chi connectivity index (χ1n) is 9.74. The van der Waals surface area contributed by atoms with E-state index in [1.54, 1.807) is 42.5 Å². The number of nitrogens with zero attached hydrogens (tertiary/aromatic N) is 4. The van der Waals surface area contributed by atoms with Crippen LogP contribution < -0.4 is 10.1 Å². The van der Waals surface area contributed by atoms with Gasteiger partial charge in [0.05, 0.1) is 13.3 Å². The Balaban J connectivity index is 1.52. The van der Waals surface area contributed by atoms with E-state index in [1.807, 2.05) is 59.1 Å². The molecule has 7 nitrogen and oxygen atoms in total. The maximum atomic E-state index is 13.0. The third-order valence-electron chi connectivity index (χ3n) is 5.06. The molecule has 1 amide bonds. The number of nitrogens with one attached hydrogen (secondary N) is 1. The Bertz CT molecular complexity index is 1370. The maximum absolute atomic E-state index is 13.0. The van der Waals surface area contributed by atoms with Gasteiger partial charge in [-0.1, -0.05) is 12.1 Å². The Labute approximate surface area is 178 Å². The normalized spacial score (nSPS) is 10.9. The number of benzene rings is 1. The zero-order valence-corrected chi connectivity index (χ0v) is 16.8. The van der Waals surface area contributed by atoms with Crippen LogP contribution in [-0.2, 0) is 0 Å². The first-order valence-corrected chi connectivity index (χ1v) is 9.74. The molecule has 5 aromatic rings. The van der Waals surface area contributed by atoms with Gasteiger partial charge in [-0.2, -0.15) is 5.10 Å². The van der Waals surface area contributed by atoms with Gasteiger partial charge in [0.15, 0.2) is 0 Å². The quantitative estimate of drug-likeness (QED) is 0.466. The second-order valence-electron chi connectivity index (χ2n) is 6.95. The van der Waals surface area contributed by atoms with Crippen molar-refractivity contribution in [1.29, 1.82) is 0 Å². The lowest BCUT2D eigenvalue weighted by molar-refractivity contribution is 0.101. The highest BCUT2D eigenvalue weighted by molar-refractivity contribution is 6.03. The SMILES string of the molecule is COc1cccc(NC(=O)c2ccnn2-c2ccc3ccc(-c4ccncc4)cn23)c1. The predicted molar refractivity (Wildman–Crippen MR) is 119 cm³/mol. The smallest absolute Gasteiger partial charge is 0.274 e. The van der Waals surface area contributed by atoms with E-state index in [1.165, 1.54) is 0 Å². The van der Waals surface area contributed by atoms with E-state index in [2.05, 4.69) is 21.5 Å². The number of methoxy groups -OCH3 is 1. The summed E-state index contributed by atoms with van der Waals surface area (Å²) >= 11 is 0. The van der Waals surface area contributed by atoms with Crippen LogP contribution in [-0.4, -0.2) is 32.2 Å². The molecule has 0 bridgehead atoms. The van der Waals surface area contributed by atoms with Crippen LogP contribution in [0.5, 0.6) is 5.75 Å². The van der Waals surface area contributed by atoms with E-state index >= 15 is 0 Å². The summed E-state index contributed by atoms with van der Waals surface area (Å²) in [6, 6.07) is 20.9. The largest absolute Gasteiger partial charge is 0.497 e. The number of carbonyl (C=O) groups excluding carboxylic acids is 1. The van der Waals surface area contributed by atoms with Crippen molar-refractivity contribution in [1.82, 2.24) is 19.2 Å². The van der Waals surface area contributed by atoms with Crippen molar-refractivity contribution in [2.75, 3.05) is 12.4 Å². The first-order chi connectivity index (χ1) is 15.2. The van der Waals surface area contributed by atoms with Crippen molar-refractivity contribution in [2.45, 2.75) is 0 Å². The standard InChI is InChI=1S/C24H19N5O2/c1-31-21-4-2-3-19(15-21)27-24(30)22-11-14-26-29(22)23-8-7-20-6-5-18(16-28(20)23)17-9-12-25-13-10-17/h2-16H,1H3,(H,27,30). The molecule has 31 heavy (non-hydrogen) atoms. The molecule has 0 aliphatic rings. The number of aromatic nitrogens is 4. The highest BCUT2D eigenvalue weighted by Crippen LogP contribution is 2.23. The van der Waals surface area contributed by atoms with Crippen LogP contribution in [0.3, 0.4) is 0 Å². The summed E-state index contributed by atoms with van der Waals surface area (Å²) in [7, 11) is 1.59. The molecule has 7 heteroatoms. The second-order valence-corrected chi connectivity index (χ2v) is 6.95. The lowest BCUT2D eigenvalue weighted by atomic mass is 10.1. The zero-order valence-electron chi connectivity index (χ0n) is 16.8. The molecule has 0 radical (unpaired) electrons. The van der Waals surface area contributed by atoms with E-state index in [9.17, 15) is 4.79 Å². The van der Waals surface area contributed by atoms with Gasteiger partial charge >= 0.3 is 0 Å². The molecule has 1 N–H and O–H groups in total. The summed E-state index contributed by atoms with van der Waals surface area (Å²) in [4.78, 5) is 17.1. The molecule has 152 valence electrons. The highest BCUT2D eigenvalue weighted by atomic mass is 16.5. The lowest BCUT2D eigenvalue weighted by Gasteiger charge is -2.11. The average Bonchev–Trinajstić information content (AvgIpc) is 3.46. The molecule has 4 aromatic heterocycles. The van der Waals surface area contributed by atoms with E-state index in [0.717, 1.165) is 22.5 Å². The van der Waals surface area contributed by atoms with Gasteiger partial charge in [-0.05, 0) is 59.7 Å². The zero-order chi connectivity index (χ0) is 21.2. The van der Waals surface area contributed by atoms with Gasteiger partial charge in [0, 0.05) is 35.9 Å². The number of hydrogen-bond donors (Lipinski definition) is 1. The Morgan fingerprint density at radius 1 is 0.935 bits per heavy atom. The minimum Gasteiger partial charge on any atom is -0.497 e. The van der Waals surface area contributed by atoms with Crippen LogP contribution >= 0.6 is 0 Å². The second kappa shape index (κ2) is 7.79. The number of rotatable bonds is 5. The summed E-state index contributed by atoms with van der Waals surface area (Å²) in [5.74, 6) is 1.19. The predicted octanol–water partition coefficient (Wildman–Crippen LogP) is 4.45. The first kappa shape index (κ1) is 18.6. The number of anilines is 1. The van der Waals surface area contributed by atoms with Gasteiger partial charge in [0.2, 0.25) is 0 Å². The van der Waals surface area contributed by atoms with Crippen LogP contribution in [0, 0.1) is 0 Å². The average molecular weight is 409 g/mol. The number of pyridine rings is 2. The van der Waals surface area contributed by atoms with E-state index in [0.29, 0.717) is 17.1 Å². The van der Waals surface area contributed by atoms with Gasteiger partial charge in [-0.3, -0.25) is 9.78 Å².